The topological polar surface area (TPSA) is 85.5 Å². The lowest BCUT2D eigenvalue weighted by molar-refractivity contribution is 0.0406. The Morgan fingerprint density at radius 3 is 2.89 bits per heavy atom. The number of amides is 2. The normalized spacial score (nSPS) is 20.0. The molecule has 2 aromatic heterocycles. The highest BCUT2D eigenvalue weighted by atomic mass is 35.5. The van der Waals surface area contributed by atoms with Crippen molar-refractivity contribution in [1.82, 2.24) is 25.3 Å². The number of aromatic nitrogens is 2. The summed E-state index contributed by atoms with van der Waals surface area (Å²) in [5.74, 6) is 0.855. The maximum absolute atomic E-state index is 12.7. The molecule has 1 unspecified atom stereocenters. The second kappa shape index (κ2) is 9.80. The van der Waals surface area contributed by atoms with Crippen LogP contribution in [0.5, 0.6) is 0 Å². The molecule has 0 aliphatic carbocycles. The fourth-order valence-corrected chi connectivity index (χ4v) is 4.34. The fourth-order valence-electron chi connectivity index (χ4n) is 3.31. The Balaban J connectivity index is 0.00000225. The van der Waals surface area contributed by atoms with Crippen molar-refractivity contribution in [3.05, 3.63) is 33.1 Å². The van der Waals surface area contributed by atoms with E-state index in [1.54, 1.807) is 11.3 Å². The van der Waals surface area contributed by atoms with Crippen LogP contribution in [-0.4, -0.2) is 72.0 Å². The highest BCUT2D eigenvalue weighted by Gasteiger charge is 2.29. The monoisotopic (exact) mass is 446 g/mol. The van der Waals surface area contributed by atoms with Gasteiger partial charge in [-0.05, 0) is 12.1 Å². The first-order chi connectivity index (χ1) is 13.2. The number of hydrogen-bond donors (Lipinski definition) is 3. The first-order valence-corrected chi connectivity index (χ1v) is 10.3. The van der Waals surface area contributed by atoms with Crippen molar-refractivity contribution in [2.75, 3.05) is 51.3 Å². The number of morpholine rings is 1. The van der Waals surface area contributed by atoms with Crippen molar-refractivity contribution < 1.29 is 9.53 Å². The minimum absolute atomic E-state index is 0. The van der Waals surface area contributed by atoms with Gasteiger partial charge in [0, 0.05) is 43.7 Å². The third-order valence-corrected chi connectivity index (χ3v) is 6.00. The van der Waals surface area contributed by atoms with Crippen LogP contribution in [0.2, 0.25) is 4.34 Å². The van der Waals surface area contributed by atoms with E-state index in [0.29, 0.717) is 45.9 Å². The molecule has 0 aromatic carbocycles. The molecular formula is C17H24Cl2N6O2S. The van der Waals surface area contributed by atoms with Crippen molar-refractivity contribution in [3.63, 3.8) is 0 Å². The summed E-state index contributed by atoms with van der Waals surface area (Å²) in [5.41, 5.74) is 0.904. The average Bonchev–Trinajstić information content (AvgIpc) is 3.35. The van der Waals surface area contributed by atoms with Crippen molar-refractivity contribution >= 4 is 47.2 Å². The molecule has 2 aromatic rings. The van der Waals surface area contributed by atoms with Gasteiger partial charge in [0.2, 0.25) is 0 Å². The summed E-state index contributed by atoms with van der Waals surface area (Å²) in [7, 11) is 0. The Kier molecular flexibility index (Phi) is 7.42. The van der Waals surface area contributed by atoms with Gasteiger partial charge in [0.05, 0.1) is 35.8 Å². The van der Waals surface area contributed by atoms with Crippen molar-refractivity contribution in [1.29, 1.82) is 0 Å². The van der Waals surface area contributed by atoms with Gasteiger partial charge in [0.1, 0.15) is 5.82 Å². The lowest BCUT2D eigenvalue weighted by atomic mass is 10.1. The van der Waals surface area contributed by atoms with Crippen LogP contribution in [0.15, 0.2) is 18.2 Å². The molecule has 154 valence electrons. The largest absolute Gasteiger partial charge is 0.378 e. The molecule has 4 heterocycles. The second-order valence-electron chi connectivity index (χ2n) is 6.60. The van der Waals surface area contributed by atoms with E-state index in [4.69, 9.17) is 16.3 Å². The quantitative estimate of drug-likeness (QED) is 0.671. The molecule has 2 amide bonds. The summed E-state index contributed by atoms with van der Waals surface area (Å²) in [6.07, 6.45) is 0. The average molecular weight is 447 g/mol. The van der Waals surface area contributed by atoms with E-state index in [2.05, 4.69) is 20.8 Å². The number of thiophene rings is 1. The van der Waals surface area contributed by atoms with Crippen LogP contribution in [0.1, 0.15) is 16.6 Å². The van der Waals surface area contributed by atoms with Crippen molar-refractivity contribution in [2.24, 2.45) is 0 Å². The van der Waals surface area contributed by atoms with E-state index in [-0.39, 0.29) is 24.5 Å². The van der Waals surface area contributed by atoms with Gasteiger partial charge in [-0.3, -0.25) is 5.10 Å². The molecule has 4 rings (SSSR count). The molecule has 28 heavy (non-hydrogen) atoms. The number of nitrogens with zero attached hydrogens (tertiary/aromatic N) is 3. The van der Waals surface area contributed by atoms with Gasteiger partial charge in [-0.15, -0.1) is 23.7 Å². The van der Waals surface area contributed by atoms with Gasteiger partial charge in [-0.25, -0.2) is 4.79 Å². The van der Waals surface area contributed by atoms with Crippen LogP contribution in [0.4, 0.5) is 10.6 Å². The third-order valence-electron chi connectivity index (χ3n) is 4.76. The molecular weight excluding hydrogens is 423 g/mol. The number of piperazine rings is 1. The van der Waals surface area contributed by atoms with Gasteiger partial charge in [0.15, 0.2) is 0 Å². The van der Waals surface area contributed by atoms with Gasteiger partial charge < -0.3 is 25.2 Å². The highest BCUT2D eigenvalue weighted by Crippen LogP contribution is 2.23. The molecule has 0 saturated carbocycles. The molecule has 3 N–H and O–H groups in total. The van der Waals surface area contributed by atoms with E-state index in [1.165, 1.54) is 0 Å². The molecule has 0 bridgehead atoms. The first-order valence-electron chi connectivity index (χ1n) is 9.07. The van der Waals surface area contributed by atoms with Crippen LogP contribution < -0.4 is 10.6 Å². The van der Waals surface area contributed by atoms with Gasteiger partial charge >= 0.3 is 6.03 Å². The number of anilines is 1. The summed E-state index contributed by atoms with van der Waals surface area (Å²) < 4.78 is 6.12. The van der Waals surface area contributed by atoms with Crippen molar-refractivity contribution in [3.8, 4) is 0 Å². The number of H-pyrrole nitrogens is 1. The molecule has 2 aliphatic rings. The molecule has 0 spiro atoms. The number of carbonyl (C=O) groups is 1. The van der Waals surface area contributed by atoms with Gasteiger partial charge in [0.25, 0.3) is 0 Å². The Morgan fingerprint density at radius 2 is 2.14 bits per heavy atom. The van der Waals surface area contributed by atoms with Crippen LogP contribution >= 0.6 is 35.3 Å². The van der Waals surface area contributed by atoms with E-state index in [9.17, 15) is 4.79 Å². The third kappa shape index (κ3) is 5.09. The predicted molar refractivity (Wildman–Crippen MR) is 113 cm³/mol. The van der Waals surface area contributed by atoms with Crippen molar-refractivity contribution in [2.45, 2.75) is 12.6 Å². The lowest BCUT2D eigenvalue weighted by Crippen LogP contribution is -2.54. The predicted octanol–water partition coefficient (Wildman–Crippen LogP) is 2.56. The first kappa shape index (κ1) is 21.2. The Morgan fingerprint density at radius 1 is 1.32 bits per heavy atom. The Hall–Kier alpha value is -1.52. The summed E-state index contributed by atoms with van der Waals surface area (Å²) in [6.45, 7) is 5.33. The van der Waals surface area contributed by atoms with Gasteiger partial charge in [-0.2, -0.15) is 5.10 Å². The Labute approximate surface area is 179 Å². The van der Waals surface area contributed by atoms with E-state index < -0.39 is 0 Å². The summed E-state index contributed by atoms with van der Waals surface area (Å²) in [4.78, 5) is 17.7. The zero-order valence-corrected chi connectivity index (χ0v) is 17.7. The minimum atomic E-state index is 0. The SMILES string of the molecule is Cl.O=C(N1CCOCC1)N1CCNC(c2cc(NCc3ccc(Cl)s3)[nH]n2)C1. The van der Waals surface area contributed by atoms with E-state index in [1.807, 2.05) is 28.0 Å². The zero-order chi connectivity index (χ0) is 18.6. The standard InChI is InChI=1S/C17H23ClN6O2S.ClH/c18-15-2-1-12(27-15)10-20-16-9-13(21-22-16)14-11-24(4-3-19-14)17(25)23-5-7-26-8-6-23;/h1-2,9,14,19H,3-8,10-11H2,(H2,20,21,22);1H. The number of ether oxygens (including phenoxy) is 1. The minimum Gasteiger partial charge on any atom is -0.378 e. The zero-order valence-electron chi connectivity index (χ0n) is 15.3. The maximum Gasteiger partial charge on any atom is 0.320 e. The summed E-state index contributed by atoms with van der Waals surface area (Å²) in [6, 6.07) is 6.01. The maximum atomic E-state index is 12.7. The molecule has 1 atom stereocenters. The number of urea groups is 1. The number of nitrogens with one attached hydrogen (secondary N) is 3. The lowest BCUT2D eigenvalue weighted by Gasteiger charge is -2.37. The number of halogens is 2. The summed E-state index contributed by atoms with van der Waals surface area (Å²) in [5, 5.41) is 14.2. The van der Waals surface area contributed by atoms with Crippen LogP contribution in [0.3, 0.4) is 0 Å². The fraction of sp³-hybridized carbons (Fsp3) is 0.529. The molecule has 0 radical (unpaired) electrons. The van der Waals surface area contributed by atoms with E-state index >= 15 is 0 Å². The molecule has 11 heteroatoms. The number of carbonyl (C=O) groups excluding carboxylic acids is 1. The molecule has 2 fully saturated rings. The molecule has 2 saturated heterocycles. The van der Waals surface area contributed by atoms with Crippen LogP contribution in [0, 0.1) is 0 Å². The number of aromatic amines is 1. The smallest absolute Gasteiger partial charge is 0.320 e. The summed E-state index contributed by atoms with van der Waals surface area (Å²) >= 11 is 7.52. The van der Waals surface area contributed by atoms with Crippen LogP contribution in [0.25, 0.3) is 0 Å². The van der Waals surface area contributed by atoms with Gasteiger partial charge in [-0.1, -0.05) is 11.6 Å². The van der Waals surface area contributed by atoms with E-state index in [0.717, 1.165) is 27.3 Å². The second-order valence-corrected chi connectivity index (χ2v) is 8.40. The number of rotatable bonds is 4. The highest BCUT2D eigenvalue weighted by molar-refractivity contribution is 7.16. The molecule has 2 aliphatic heterocycles. The molecule has 8 nitrogen and oxygen atoms in total. The Bertz CT molecular complexity index is 779. The van der Waals surface area contributed by atoms with Crippen LogP contribution in [-0.2, 0) is 11.3 Å². The number of hydrogen-bond acceptors (Lipinski definition) is 6.